The number of hydrogen-bond donors (Lipinski definition) is 0. The summed E-state index contributed by atoms with van der Waals surface area (Å²) in [5, 5.41) is 0. The van der Waals surface area contributed by atoms with Gasteiger partial charge in [0.1, 0.15) is 5.82 Å². The molecule has 0 amide bonds. The van der Waals surface area contributed by atoms with Gasteiger partial charge in [0.25, 0.3) is 0 Å². The molecular weight excluding hydrogens is 236 g/mol. The van der Waals surface area contributed by atoms with E-state index in [0.29, 0.717) is 6.04 Å². The maximum atomic E-state index is 4.69. The van der Waals surface area contributed by atoms with Gasteiger partial charge in [-0.1, -0.05) is 6.07 Å². The van der Waals surface area contributed by atoms with Crippen LogP contribution in [-0.2, 0) is 0 Å². The molecule has 2 aliphatic heterocycles. The summed E-state index contributed by atoms with van der Waals surface area (Å²) in [7, 11) is 4.40. The van der Waals surface area contributed by atoms with E-state index in [1.165, 1.54) is 24.9 Å². The largest absolute Gasteiger partial charge is 0.354 e. The standard InChI is InChI=1S/C15H24N4/c1-17-8-10-19(11-9-17)15-6-5-13(12-16-15)14-4-3-7-18(14)2/h5-6,12,14H,3-4,7-11H2,1-2H3. The minimum Gasteiger partial charge on any atom is -0.354 e. The quantitative estimate of drug-likeness (QED) is 0.805. The number of rotatable bonds is 2. The molecule has 0 N–H and O–H groups in total. The molecule has 1 unspecified atom stereocenters. The third-order valence-electron chi connectivity index (χ3n) is 4.50. The van der Waals surface area contributed by atoms with Gasteiger partial charge in [0.2, 0.25) is 0 Å². The van der Waals surface area contributed by atoms with E-state index in [0.717, 1.165) is 32.0 Å². The van der Waals surface area contributed by atoms with Crippen LogP contribution in [0.5, 0.6) is 0 Å². The number of pyridine rings is 1. The van der Waals surface area contributed by atoms with Crippen LogP contribution in [0.3, 0.4) is 0 Å². The van der Waals surface area contributed by atoms with Crippen molar-refractivity contribution in [2.24, 2.45) is 0 Å². The Hall–Kier alpha value is -1.13. The van der Waals surface area contributed by atoms with E-state index in [4.69, 9.17) is 0 Å². The third-order valence-corrected chi connectivity index (χ3v) is 4.50. The van der Waals surface area contributed by atoms with Gasteiger partial charge in [-0.2, -0.15) is 0 Å². The fourth-order valence-electron chi connectivity index (χ4n) is 3.15. The van der Waals surface area contributed by atoms with Gasteiger partial charge in [-0.3, -0.25) is 4.90 Å². The van der Waals surface area contributed by atoms with Gasteiger partial charge in [-0.05, 0) is 45.1 Å². The summed E-state index contributed by atoms with van der Waals surface area (Å²) in [6.07, 6.45) is 4.66. The van der Waals surface area contributed by atoms with Crippen LogP contribution in [0.2, 0.25) is 0 Å². The molecule has 1 aromatic heterocycles. The van der Waals surface area contributed by atoms with Gasteiger partial charge >= 0.3 is 0 Å². The fraction of sp³-hybridized carbons (Fsp3) is 0.667. The van der Waals surface area contributed by atoms with Gasteiger partial charge in [0.15, 0.2) is 0 Å². The molecule has 3 rings (SSSR count). The molecule has 19 heavy (non-hydrogen) atoms. The summed E-state index contributed by atoms with van der Waals surface area (Å²) >= 11 is 0. The van der Waals surface area contributed by atoms with Crippen molar-refractivity contribution in [3.8, 4) is 0 Å². The van der Waals surface area contributed by atoms with Gasteiger partial charge in [-0.15, -0.1) is 0 Å². The van der Waals surface area contributed by atoms with E-state index in [1.54, 1.807) is 0 Å². The minimum absolute atomic E-state index is 0.578. The topological polar surface area (TPSA) is 22.6 Å². The van der Waals surface area contributed by atoms with Crippen molar-refractivity contribution in [3.63, 3.8) is 0 Å². The Bertz CT molecular complexity index is 409. The molecule has 1 aromatic rings. The zero-order valence-corrected chi connectivity index (χ0v) is 12.0. The first-order valence-corrected chi connectivity index (χ1v) is 7.34. The Kier molecular flexibility index (Phi) is 3.71. The highest BCUT2D eigenvalue weighted by molar-refractivity contribution is 5.40. The molecule has 0 spiro atoms. The molecule has 3 heterocycles. The maximum absolute atomic E-state index is 4.69. The lowest BCUT2D eigenvalue weighted by atomic mass is 10.1. The number of hydrogen-bond acceptors (Lipinski definition) is 4. The SMILES string of the molecule is CN1CCN(c2ccc(C3CCCN3C)cn2)CC1. The van der Waals surface area contributed by atoms with Crippen LogP contribution in [-0.4, -0.2) is 61.6 Å². The summed E-state index contributed by atoms with van der Waals surface area (Å²) in [5.41, 5.74) is 1.37. The summed E-state index contributed by atoms with van der Waals surface area (Å²) in [6, 6.07) is 5.05. The summed E-state index contributed by atoms with van der Waals surface area (Å²) in [4.78, 5) is 11.9. The second-order valence-corrected chi connectivity index (χ2v) is 5.88. The third kappa shape index (κ3) is 2.74. The molecule has 4 nitrogen and oxygen atoms in total. The molecular formula is C15H24N4. The normalized spacial score (nSPS) is 26.0. The smallest absolute Gasteiger partial charge is 0.128 e. The lowest BCUT2D eigenvalue weighted by Crippen LogP contribution is -2.44. The highest BCUT2D eigenvalue weighted by Crippen LogP contribution is 2.30. The van der Waals surface area contributed by atoms with Gasteiger partial charge in [0.05, 0.1) is 0 Å². The van der Waals surface area contributed by atoms with Crippen molar-refractivity contribution in [1.29, 1.82) is 0 Å². The van der Waals surface area contributed by atoms with Crippen LogP contribution >= 0.6 is 0 Å². The van der Waals surface area contributed by atoms with E-state index in [9.17, 15) is 0 Å². The molecule has 2 fully saturated rings. The zero-order chi connectivity index (χ0) is 13.2. The van der Waals surface area contributed by atoms with E-state index < -0.39 is 0 Å². The Morgan fingerprint density at radius 2 is 1.84 bits per heavy atom. The Balaban J connectivity index is 1.68. The lowest BCUT2D eigenvalue weighted by molar-refractivity contribution is 0.311. The second kappa shape index (κ2) is 5.47. The molecule has 2 saturated heterocycles. The van der Waals surface area contributed by atoms with Crippen LogP contribution in [0.1, 0.15) is 24.4 Å². The average Bonchev–Trinajstić information content (AvgIpc) is 2.86. The van der Waals surface area contributed by atoms with Crippen molar-refractivity contribution in [2.45, 2.75) is 18.9 Å². The molecule has 104 valence electrons. The van der Waals surface area contributed by atoms with Crippen LogP contribution in [0.15, 0.2) is 18.3 Å². The van der Waals surface area contributed by atoms with Crippen molar-refractivity contribution in [3.05, 3.63) is 23.9 Å². The number of aromatic nitrogens is 1. The van der Waals surface area contributed by atoms with Crippen LogP contribution in [0, 0.1) is 0 Å². The molecule has 2 aliphatic rings. The lowest BCUT2D eigenvalue weighted by Gasteiger charge is -2.33. The van der Waals surface area contributed by atoms with E-state index in [2.05, 4.69) is 52.1 Å². The highest BCUT2D eigenvalue weighted by atomic mass is 15.3. The summed E-state index contributed by atoms with van der Waals surface area (Å²) < 4.78 is 0. The number of nitrogens with zero attached hydrogens (tertiary/aromatic N) is 4. The predicted molar refractivity (Wildman–Crippen MR) is 78.6 cm³/mol. The monoisotopic (exact) mass is 260 g/mol. The number of anilines is 1. The zero-order valence-electron chi connectivity index (χ0n) is 12.0. The predicted octanol–water partition coefficient (Wildman–Crippen LogP) is 1.60. The van der Waals surface area contributed by atoms with Crippen molar-refractivity contribution in [2.75, 3.05) is 51.7 Å². The van der Waals surface area contributed by atoms with Gasteiger partial charge in [-0.25, -0.2) is 4.98 Å². The molecule has 0 aliphatic carbocycles. The molecule has 0 saturated carbocycles. The number of piperazine rings is 1. The Labute approximate surface area is 116 Å². The van der Waals surface area contributed by atoms with Gasteiger partial charge in [0, 0.05) is 38.4 Å². The number of likely N-dealkylation sites (tertiary alicyclic amines) is 1. The van der Waals surface area contributed by atoms with E-state index in [-0.39, 0.29) is 0 Å². The highest BCUT2D eigenvalue weighted by Gasteiger charge is 2.23. The minimum atomic E-state index is 0.578. The van der Waals surface area contributed by atoms with Gasteiger partial charge < -0.3 is 9.80 Å². The second-order valence-electron chi connectivity index (χ2n) is 5.88. The molecule has 0 bridgehead atoms. The Morgan fingerprint density at radius 3 is 2.42 bits per heavy atom. The molecule has 0 radical (unpaired) electrons. The van der Waals surface area contributed by atoms with Crippen molar-refractivity contribution < 1.29 is 0 Å². The first kappa shape index (κ1) is 12.9. The fourth-order valence-corrected chi connectivity index (χ4v) is 3.15. The summed E-state index contributed by atoms with van der Waals surface area (Å²) in [5.74, 6) is 1.14. The average molecular weight is 260 g/mol. The first-order chi connectivity index (χ1) is 9.24. The van der Waals surface area contributed by atoms with Crippen molar-refractivity contribution >= 4 is 5.82 Å². The van der Waals surface area contributed by atoms with Crippen LogP contribution in [0.25, 0.3) is 0 Å². The number of likely N-dealkylation sites (N-methyl/N-ethyl adjacent to an activating group) is 1. The molecule has 1 atom stereocenters. The summed E-state index contributed by atoms with van der Waals surface area (Å²) in [6.45, 7) is 5.66. The molecule has 4 heteroatoms. The first-order valence-electron chi connectivity index (χ1n) is 7.34. The van der Waals surface area contributed by atoms with Crippen LogP contribution < -0.4 is 4.90 Å². The Morgan fingerprint density at radius 1 is 1.05 bits per heavy atom. The molecule has 0 aromatic carbocycles. The van der Waals surface area contributed by atoms with Crippen molar-refractivity contribution in [1.82, 2.24) is 14.8 Å². The van der Waals surface area contributed by atoms with E-state index in [1.807, 2.05) is 0 Å². The van der Waals surface area contributed by atoms with E-state index >= 15 is 0 Å². The maximum Gasteiger partial charge on any atom is 0.128 e. The van der Waals surface area contributed by atoms with Crippen LogP contribution in [0.4, 0.5) is 5.82 Å².